The van der Waals surface area contributed by atoms with Gasteiger partial charge in [-0.05, 0) is 44.1 Å². The average molecular weight is 342 g/mol. The zero-order valence-electron chi connectivity index (χ0n) is 13.4. The first-order chi connectivity index (χ1) is 12.0. The van der Waals surface area contributed by atoms with Crippen molar-refractivity contribution >= 4 is 23.5 Å². The SMILES string of the molecule is N#C/C(=C/NC(=O)C1CCNCC1)C(=O)Nc1cccc(C(=O)O)c1. The Hall–Kier alpha value is -3.18. The number of benzene rings is 1. The number of rotatable bonds is 5. The predicted octanol–water partition coefficient (Wildman–Crippen LogP) is 0.847. The minimum absolute atomic E-state index is 0.0134. The second-order valence-electron chi connectivity index (χ2n) is 5.54. The topological polar surface area (TPSA) is 131 Å². The first-order valence-corrected chi connectivity index (χ1v) is 7.77. The number of anilines is 1. The van der Waals surface area contributed by atoms with E-state index < -0.39 is 11.9 Å². The van der Waals surface area contributed by atoms with Crippen LogP contribution in [0.25, 0.3) is 0 Å². The van der Waals surface area contributed by atoms with Gasteiger partial charge in [0.05, 0.1) is 5.56 Å². The molecule has 4 N–H and O–H groups in total. The van der Waals surface area contributed by atoms with Crippen LogP contribution >= 0.6 is 0 Å². The van der Waals surface area contributed by atoms with Crippen LogP contribution in [0.3, 0.4) is 0 Å². The van der Waals surface area contributed by atoms with Gasteiger partial charge in [0.25, 0.3) is 5.91 Å². The Balaban J connectivity index is 2.00. The third-order valence-corrected chi connectivity index (χ3v) is 3.80. The van der Waals surface area contributed by atoms with Crippen LogP contribution in [0.4, 0.5) is 5.69 Å². The molecule has 1 heterocycles. The number of hydrogen-bond acceptors (Lipinski definition) is 5. The molecule has 8 heteroatoms. The maximum atomic E-state index is 12.1. The largest absolute Gasteiger partial charge is 0.478 e. The number of carbonyl (C=O) groups is 3. The van der Waals surface area contributed by atoms with Crippen molar-refractivity contribution in [2.45, 2.75) is 12.8 Å². The molecule has 0 atom stereocenters. The molecular formula is C17H18N4O4. The van der Waals surface area contributed by atoms with E-state index in [0.29, 0.717) is 12.8 Å². The summed E-state index contributed by atoms with van der Waals surface area (Å²) < 4.78 is 0. The maximum absolute atomic E-state index is 12.1. The quantitative estimate of drug-likeness (QED) is 0.463. The first kappa shape index (κ1) is 18.2. The summed E-state index contributed by atoms with van der Waals surface area (Å²) in [5.41, 5.74) is -0.0155. The third kappa shape index (κ3) is 5.16. The van der Waals surface area contributed by atoms with Gasteiger partial charge >= 0.3 is 5.97 Å². The normalized spacial score (nSPS) is 15.1. The van der Waals surface area contributed by atoms with E-state index in [9.17, 15) is 14.4 Å². The molecule has 1 aliphatic heterocycles. The smallest absolute Gasteiger partial charge is 0.335 e. The van der Waals surface area contributed by atoms with Crippen molar-refractivity contribution in [3.8, 4) is 6.07 Å². The Morgan fingerprint density at radius 3 is 2.64 bits per heavy atom. The van der Waals surface area contributed by atoms with Crippen LogP contribution in [0.15, 0.2) is 36.0 Å². The van der Waals surface area contributed by atoms with Crippen LogP contribution in [0.5, 0.6) is 0 Å². The van der Waals surface area contributed by atoms with Crippen molar-refractivity contribution in [1.82, 2.24) is 10.6 Å². The van der Waals surface area contributed by atoms with Crippen LogP contribution in [0.1, 0.15) is 23.2 Å². The molecule has 1 aliphatic rings. The molecule has 0 unspecified atom stereocenters. The average Bonchev–Trinajstić information content (AvgIpc) is 2.63. The Morgan fingerprint density at radius 2 is 2.00 bits per heavy atom. The molecule has 0 aromatic heterocycles. The Morgan fingerprint density at radius 1 is 1.28 bits per heavy atom. The molecule has 1 aromatic carbocycles. The Kier molecular flexibility index (Phi) is 6.26. The number of nitriles is 1. The minimum atomic E-state index is -1.12. The number of nitrogens with zero attached hydrogens (tertiary/aromatic N) is 1. The van der Waals surface area contributed by atoms with E-state index in [2.05, 4.69) is 16.0 Å². The van der Waals surface area contributed by atoms with E-state index in [0.717, 1.165) is 19.3 Å². The molecule has 0 spiro atoms. The highest BCUT2D eigenvalue weighted by atomic mass is 16.4. The van der Waals surface area contributed by atoms with Crippen LogP contribution in [0.2, 0.25) is 0 Å². The van der Waals surface area contributed by atoms with Crippen LogP contribution in [-0.2, 0) is 9.59 Å². The minimum Gasteiger partial charge on any atom is -0.478 e. The summed E-state index contributed by atoms with van der Waals surface area (Å²) in [7, 11) is 0. The van der Waals surface area contributed by atoms with E-state index in [1.807, 2.05) is 0 Å². The molecule has 0 radical (unpaired) electrons. The van der Waals surface area contributed by atoms with E-state index in [1.165, 1.54) is 24.3 Å². The fraction of sp³-hybridized carbons (Fsp3) is 0.294. The van der Waals surface area contributed by atoms with Crippen molar-refractivity contribution in [1.29, 1.82) is 5.26 Å². The summed E-state index contributed by atoms with van der Waals surface area (Å²) in [6, 6.07) is 7.38. The Labute approximate surface area is 144 Å². The summed E-state index contributed by atoms with van der Waals surface area (Å²) in [5, 5.41) is 26.1. The highest BCUT2D eigenvalue weighted by Gasteiger charge is 2.20. The molecule has 1 aromatic rings. The summed E-state index contributed by atoms with van der Waals surface area (Å²) in [5.74, 6) is -2.22. The lowest BCUT2D eigenvalue weighted by molar-refractivity contribution is -0.124. The number of amides is 2. The number of nitrogens with one attached hydrogen (secondary N) is 3. The number of piperidine rings is 1. The molecular weight excluding hydrogens is 324 g/mol. The third-order valence-electron chi connectivity index (χ3n) is 3.80. The summed E-state index contributed by atoms with van der Waals surface area (Å²) in [6.45, 7) is 1.51. The lowest BCUT2D eigenvalue weighted by Gasteiger charge is -2.20. The summed E-state index contributed by atoms with van der Waals surface area (Å²) in [4.78, 5) is 35.1. The second kappa shape index (κ2) is 8.61. The van der Waals surface area contributed by atoms with Gasteiger partial charge in [-0.15, -0.1) is 0 Å². The highest BCUT2D eigenvalue weighted by Crippen LogP contribution is 2.13. The van der Waals surface area contributed by atoms with Crippen molar-refractivity contribution in [3.05, 3.63) is 41.6 Å². The molecule has 1 saturated heterocycles. The molecule has 0 aliphatic carbocycles. The number of hydrogen-bond donors (Lipinski definition) is 4. The fourth-order valence-electron chi connectivity index (χ4n) is 2.42. The van der Waals surface area contributed by atoms with Gasteiger partial charge in [-0.1, -0.05) is 6.07 Å². The van der Waals surface area contributed by atoms with E-state index >= 15 is 0 Å². The zero-order valence-corrected chi connectivity index (χ0v) is 13.4. The number of carbonyl (C=O) groups excluding carboxylic acids is 2. The summed E-state index contributed by atoms with van der Waals surface area (Å²) in [6.07, 6.45) is 2.49. The molecule has 130 valence electrons. The van der Waals surface area contributed by atoms with Crippen LogP contribution in [-0.4, -0.2) is 36.0 Å². The van der Waals surface area contributed by atoms with Gasteiger partial charge in [-0.2, -0.15) is 5.26 Å². The van der Waals surface area contributed by atoms with Crippen LogP contribution < -0.4 is 16.0 Å². The lowest BCUT2D eigenvalue weighted by atomic mass is 9.97. The maximum Gasteiger partial charge on any atom is 0.335 e. The number of carboxylic acids is 1. The van der Waals surface area contributed by atoms with Gasteiger partial charge in [0.1, 0.15) is 11.6 Å². The summed E-state index contributed by atoms with van der Waals surface area (Å²) >= 11 is 0. The predicted molar refractivity (Wildman–Crippen MR) is 89.5 cm³/mol. The van der Waals surface area contributed by atoms with Crippen molar-refractivity contribution in [2.24, 2.45) is 5.92 Å². The first-order valence-electron chi connectivity index (χ1n) is 7.77. The number of carboxylic acid groups (broad SMARTS) is 1. The zero-order chi connectivity index (χ0) is 18.2. The van der Waals surface area contributed by atoms with Gasteiger partial charge in [0, 0.05) is 17.8 Å². The molecule has 0 saturated carbocycles. The van der Waals surface area contributed by atoms with Crippen molar-refractivity contribution < 1.29 is 19.5 Å². The molecule has 0 bridgehead atoms. The molecule has 8 nitrogen and oxygen atoms in total. The van der Waals surface area contributed by atoms with E-state index in [1.54, 1.807) is 6.07 Å². The van der Waals surface area contributed by atoms with Crippen LogP contribution in [0, 0.1) is 17.2 Å². The molecule has 2 rings (SSSR count). The standard InChI is InChI=1S/C17H18N4O4/c18-9-13(10-20-15(22)11-4-6-19-7-5-11)16(23)21-14-3-1-2-12(8-14)17(24)25/h1-3,8,10-11,19H,4-7H2,(H,20,22)(H,21,23)(H,24,25)/b13-10-. The highest BCUT2D eigenvalue weighted by molar-refractivity contribution is 6.07. The van der Waals surface area contributed by atoms with Crippen molar-refractivity contribution in [3.63, 3.8) is 0 Å². The van der Waals surface area contributed by atoms with E-state index in [4.69, 9.17) is 10.4 Å². The fourth-order valence-corrected chi connectivity index (χ4v) is 2.42. The molecule has 2 amide bonds. The number of aromatic carboxylic acids is 1. The molecule has 1 fully saturated rings. The Bertz CT molecular complexity index is 745. The van der Waals surface area contributed by atoms with Gasteiger partial charge in [0.2, 0.25) is 5.91 Å². The van der Waals surface area contributed by atoms with Gasteiger partial charge < -0.3 is 21.1 Å². The second-order valence-corrected chi connectivity index (χ2v) is 5.54. The van der Waals surface area contributed by atoms with Gasteiger partial charge in [-0.25, -0.2) is 4.79 Å². The monoisotopic (exact) mass is 342 g/mol. The van der Waals surface area contributed by atoms with Gasteiger partial charge in [-0.3, -0.25) is 9.59 Å². The van der Waals surface area contributed by atoms with E-state index in [-0.39, 0.29) is 28.6 Å². The van der Waals surface area contributed by atoms with Crippen molar-refractivity contribution in [2.75, 3.05) is 18.4 Å². The lowest BCUT2D eigenvalue weighted by Crippen LogP contribution is -2.36. The molecule has 25 heavy (non-hydrogen) atoms. The van der Waals surface area contributed by atoms with Gasteiger partial charge in [0.15, 0.2) is 0 Å².